The summed E-state index contributed by atoms with van der Waals surface area (Å²) in [6.07, 6.45) is 1.07. The Morgan fingerprint density at radius 2 is 1.54 bits per heavy atom. The summed E-state index contributed by atoms with van der Waals surface area (Å²) >= 11 is 0. The van der Waals surface area contributed by atoms with Crippen LogP contribution in [0.5, 0.6) is 5.75 Å². The number of rotatable bonds is 15. The minimum absolute atomic E-state index is 0.0108. The van der Waals surface area contributed by atoms with Gasteiger partial charge in [-0.3, -0.25) is 9.59 Å². The van der Waals surface area contributed by atoms with Crippen molar-refractivity contribution in [3.8, 4) is 5.75 Å². The SMILES string of the molecule is CCCCOC(=O)NCN(CCC(=O)CCOC(=O)COc1ccccc1)C(=O)c1ccccc1. The van der Waals surface area contributed by atoms with Crippen LogP contribution < -0.4 is 10.1 Å². The molecule has 0 spiro atoms. The lowest BCUT2D eigenvalue weighted by atomic mass is 10.1. The normalized spacial score (nSPS) is 10.2. The van der Waals surface area contributed by atoms with Crippen LogP contribution in [0, 0.1) is 0 Å². The van der Waals surface area contributed by atoms with Gasteiger partial charge in [-0.15, -0.1) is 0 Å². The fourth-order valence-electron chi connectivity index (χ4n) is 2.90. The second-order valence-corrected chi connectivity index (χ2v) is 7.62. The second-order valence-electron chi connectivity index (χ2n) is 7.62. The molecule has 0 bridgehead atoms. The number of Topliss-reactive ketones (excluding diaryl/α,β-unsaturated/α-hetero) is 1. The average Bonchev–Trinajstić information content (AvgIpc) is 2.88. The summed E-state index contributed by atoms with van der Waals surface area (Å²) in [5.41, 5.74) is 0.438. The number of nitrogens with zero attached hydrogens (tertiary/aromatic N) is 1. The minimum atomic E-state index is -0.625. The van der Waals surface area contributed by atoms with E-state index >= 15 is 0 Å². The van der Waals surface area contributed by atoms with E-state index in [0.717, 1.165) is 12.8 Å². The Balaban J connectivity index is 1.77. The highest BCUT2D eigenvalue weighted by Gasteiger charge is 2.18. The summed E-state index contributed by atoms with van der Waals surface area (Å²) in [5.74, 6) is -0.533. The van der Waals surface area contributed by atoms with Gasteiger partial charge in [-0.25, -0.2) is 9.59 Å². The van der Waals surface area contributed by atoms with Gasteiger partial charge in [-0.2, -0.15) is 0 Å². The number of unbranched alkanes of at least 4 members (excludes halogenated alkanes) is 1. The van der Waals surface area contributed by atoms with Crippen LogP contribution >= 0.6 is 0 Å². The molecule has 0 heterocycles. The maximum Gasteiger partial charge on any atom is 0.408 e. The average molecular weight is 485 g/mol. The van der Waals surface area contributed by atoms with Crippen molar-refractivity contribution < 1.29 is 33.4 Å². The molecule has 2 aromatic rings. The lowest BCUT2D eigenvalue weighted by molar-refractivity contribution is -0.146. The number of nitrogens with one attached hydrogen (secondary N) is 1. The summed E-state index contributed by atoms with van der Waals surface area (Å²) in [6.45, 7) is 1.94. The zero-order valence-electron chi connectivity index (χ0n) is 19.9. The van der Waals surface area contributed by atoms with E-state index in [0.29, 0.717) is 17.9 Å². The standard InChI is InChI=1S/C26H32N2O7/c1-2-3-17-34-26(32)27-20-28(25(31)21-10-6-4-7-11-21)16-14-22(29)15-18-33-24(30)19-35-23-12-8-5-9-13-23/h4-13H,2-3,14-20H2,1H3,(H,27,32). The summed E-state index contributed by atoms with van der Waals surface area (Å²) in [7, 11) is 0. The molecule has 0 fully saturated rings. The van der Waals surface area contributed by atoms with Gasteiger partial charge in [0, 0.05) is 24.9 Å². The van der Waals surface area contributed by atoms with Crippen molar-refractivity contribution in [1.29, 1.82) is 0 Å². The molecule has 0 atom stereocenters. The smallest absolute Gasteiger partial charge is 0.408 e. The van der Waals surface area contributed by atoms with Gasteiger partial charge >= 0.3 is 12.1 Å². The molecule has 2 rings (SSSR count). The topological polar surface area (TPSA) is 111 Å². The molecule has 9 nitrogen and oxygen atoms in total. The Morgan fingerprint density at radius 1 is 0.857 bits per heavy atom. The number of carbonyl (C=O) groups excluding carboxylic acids is 4. The number of alkyl carbamates (subject to hydrolysis) is 1. The van der Waals surface area contributed by atoms with Crippen LogP contribution in [-0.4, -0.2) is 61.7 Å². The van der Waals surface area contributed by atoms with Crippen molar-refractivity contribution in [3.63, 3.8) is 0 Å². The van der Waals surface area contributed by atoms with Crippen LogP contribution in [0.25, 0.3) is 0 Å². The van der Waals surface area contributed by atoms with Crippen molar-refractivity contribution in [2.45, 2.75) is 32.6 Å². The van der Waals surface area contributed by atoms with Gasteiger partial charge < -0.3 is 24.4 Å². The van der Waals surface area contributed by atoms with Crippen molar-refractivity contribution in [2.75, 3.05) is 33.0 Å². The van der Waals surface area contributed by atoms with E-state index in [4.69, 9.17) is 14.2 Å². The quantitative estimate of drug-likeness (QED) is 0.234. The first kappa shape index (κ1) is 27.4. The van der Waals surface area contributed by atoms with Gasteiger partial charge in [0.2, 0.25) is 0 Å². The number of benzene rings is 2. The maximum absolute atomic E-state index is 12.9. The van der Waals surface area contributed by atoms with Crippen molar-refractivity contribution in [3.05, 3.63) is 66.2 Å². The predicted octanol–water partition coefficient (Wildman–Crippen LogP) is 3.58. The molecule has 9 heteroatoms. The lowest BCUT2D eigenvalue weighted by Crippen LogP contribution is -2.42. The van der Waals surface area contributed by atoms with E-state index < -0.39 is 12.1 Å². The third-order valence-electron chi connectivity index (χ3n) is 4.86. The van der Waals surface area contributed by atoms with Crippen LogP contribution in [0.1, 0.15) is 43.0 Å². The molecule has 2 aromatic carbocycles. The van der Waals surface area contributed by atoms with Crippen LogP contribution in [0.15, 0.2) is 60.7 Å². The van der Waals surface area contributed by atoms with Gasteiger partial charge in [-0.05, 0) is 30.7 Å². The van der Waals surface area contributed by atoms with Crippen molar-refractivity contribution in [1.82, 2.24) is 10.2 Å². The monoisotopic (exact) mass is 484 g/mol. The number of carbonyl (C=O) groups is 4. The van der Waals surface area contributed by atoms with Gasteiger partial charge in [0.25, 0.3) is 5.91 Å². The number of para-hydroxylation sites is 1. The van der Waals surface area contributed by atoms with Gasteiger partial charge in [0.1, 0.15) is 11.5 Å². The Hall–Kier alpha value is -3.88. The number of esters is 1. The van der Waals surface area contributed by atoms with Crippen LogP contribution in [-0.2, 0) is 19.1 Å². The third kappa shape index (κ3) is 11.2. The molecule has 2 amide bonds. The molecule has 0 saturated carbocycles. The fourth-order valence-corrected chi connectivity index (χ4v) is 2.90. The molecular weight excluding hydrogens is 452 g/mol. The van der Waals surface area contributed by atoms with E-state index in [1.165, 1.54) is 4.90 Å². The first-order valence-corrected chi connectivity index (χ1v) is 11.6. The molecule has 35 heavy (non-hydrogen) atoms. The van der Waals surface area contributed by atoms with Crippen LogP contribution in [0.3, 0.4) is 0 Å². The Morgan fingerprint density at radius 3 is 2.23 bits per heavy atom. The number of ketones is 1. The molecule has 0 saturated heterocycles. The molecule has 0 aliphatic carbocycles. The molecular formula is C26H32N2O7. The Bertz CT molecular complexity index is 935. The van der Waals surface area contributed by atoms with Gasteiger partial charge in [-0.1, -0.05) is 49.7 Å². The predicted molar refractivity (Wildman–Crippen MR) is 129 cm³/mol. The molecule has 0 unspecified atom stereocenters. The summed E-state index contributed by atoms with van der Waals surface area (Å²) in [4.78, 5) is 50.2. The highest BCUT2D eigenvalue weighted by Crippen LogP contribution is 2.08. The number of amides is 2. The molecule has 0 aliphatic rings. The van der Waals surface area contributed by atoms with Gasteiger partial charge in [0.15, 0.2) is 6.61 Å². The van der Waals surface area contributed by atoms with E-state index in [-0.39, 0.29) is 51.0 Å². The second kappa shape index (κ2) is 15.9. The van der Waals surface area contributed by atoms with E-state index in [1.807, 2.05) is 13.0 Å². The van der Waals surface area contributed by atoms with Crippen molar-refractivity contribution in [2.24, 2.45) is 0 Å². The summed E-state index contributed by atoms with van der Waals surface area (Å²) < 4.78 is 15.4. The van der Waals surface area contributed by atoms with E-state index in [1.54, 1.807) is 54.6 Å². The van der Waals surface area contributed by atoms with E-state index in [2.05, 4.69) is 5.32 Å². The highest BCUT2D eigenvalue weighted by molar-refractivity contribution is 5.94. The van der Waals surface area contributed by atoms with Gasteiger partial charge in [0.05, 0.1) is 19.9 Å². The largest absolute Gasteiger partial charge is 0.482 e. The number of hydrogen-bond donors (Lipinski definition) is 1. The Kier molecular flexibility index (Phi) is 12.4. The third-order valence-corrected chi connectivity index (χ3v) is 4.86. The number of ether oxygens (including phenoxy) is 3. The zero-order valence-corrected chi connectivity index (χ0v) is 19.9. The fraction of sp³-hybridized carbons (Fsp3) is 0.385. The first-order chi connectivity index (χ1) is 17.0. The zero-order chi connectivity index (χ0) is 25.3. The molecule has 1 N–H and O–H groups in total. The minimum Gasteiger partial charge on any atom is -0.482 e. The van der Waals surface area contributed by atoms with E-state index in [9.17, 15) is 19.2 Å². The lowest BCUT2D eigenvalue weighted by Gasteiger charge is -2.23. The highest BCUT2D eigenvalue weighted by atomic mass is 16.6. The summed E-state index contributed by atoms with van der Waals surface area (Å²) in [5, 5.41) is 2.55. The van der Waals surface area contributed by atoms with Crippen LogP contribution in [0.2, 0.25) is 0 Å². The molecule has 0 aliphatic heterocycles. The number of hydrogen-bond acceptors (Lipinski definition) is 7. The van der Waals surface area contributed by atoms with Crippen molar-refractivity contribution >= 4 is 23.8 Å². The maximum atomic E-state index is 12.9. The first-order valence-electron chi connectivity index (χ1n) is 11.6. The molecule has 188 valence electrons. The summed E-state index contributed by atoms with van der Waals surface area (Å²) in [6, 6.07) is 17.4. The molecule has 0 aromatic heterocycles. The Labute approximate surface area is 205 Å². The molecule has 0 radical (unpaired) electrons. The van der Waals surface area contributed by atoms with Crippen LogP contribution in [0.4, 0.5) is 4.79 Å².